The minimum absolute atomic E-state index is 0. The van der Waals surface area contributed by atoms with Crippen LogP contribution < -0.4 is 20.1 Å². The summed E-state index contributed by atoms with van der Waals surface area (Å²) in [5.41, 5.74) is 1.05. The standard InChI is InChI=1S/C18H26N6O3.HI/c1-13-22-23-17(24(13)2)11-21-18(19-7-4-8-25-3)20-10-14-5-6-15-16(9-14)27-12-26-15;/h5-6,9H,4,7-8,10-12H2,1-3H3,(H2,19,20,21);1H. The Balaban J connectivity index is 0.00000280. The molecule has 1 aliphatic rings. The first-order valence-corrected chi connectivity index (χ1v) is 8.92. The molecule has 2 N–H and O–H groups in total. The summed E-state index contributed by atoms with van der Waals surface area (Å²) in [6.07, 6.45) is 0.893. The number of benzene rings is 1. The van der Waals surface area contributed by atoms with Crippen molar-refractivity contribution in [1.82, 2.24) is 25.4 Å². The van der Waals surface area contributed by atoms with Crippen LogP contribution in [-0.2, 0) is 24.9 Å². The first kappa shape index (κ1) is 22.2. The number of guanidine groups is 1. The fourth-order valence-corrected chi connectivity index (χ4v) is 2.57. The molecule has 28 heavy (non-hydrogen) atoms. The topological polar surface area (TPSA) is 94.8 Å². The van der Waals surface area contributed by atoms with Crippen LogP contribution in [0.4, 0.5) is 0 Å². The van der Waals surface area contributed by atoms with Crippen LogP contribution in [0.3, 0.4) is 0 Å². The second kappa shape index (κ2) is 11.1. The number of fused-ring (bicyclic) bond motifs is 1. The van der Waals surface area contributed by atoms with Crippen molar-refractivity contribution in [3.8, 4) is 11.5 Å². The van der Waals surface area contributed by atoms with Gasteiger partial charge in [0.1, 0.15) is 5.82 Å². The van der Waals surface area contributed by atoms with Crippen molar-refractivity contribution in [1.29, 1.82) is 0 Å². The van der Waals surface area contributed by atoms with Crippen LogP contribution in [0.25, 0.3) is 0 Å². The van der Waals surface area contributed by atoms with Crippen molar-refractivity contribution in [3.63, 3.8) is 0 Å². The number of aryl methyl sites for hydroxylation is 1. The molecule has 0 fully saturated rings. The molecule has 0 bridgehead atoms. The Hall–Kier alpha value is -2.08. The Morgan fingerprint density at radius 3 is 2.82 bits per heavy atom. The van der Waals surface area contributed by atoms with Crippen LogP contribution in [0.1, 0.15) is 23.6 Å². The molecule has 10 heteroatoms. The van der Waals surface area contributed by atoms with Gasteiger partial charge >= 0.3 is 0 Å². The molecule has 2 aromatic rings. The molecule has 154 valence electrons. The third-order valence-electron chi connectivity index (χ3n) is 4.27. The van der Waals surface area contributed by atoms with Gasteiger partial charge in [0.25, 0.3) is 0 Å². The lowest BCUT2D eigenvalue weighted by Crippen LogP contribution is -2.38. The molecular formula is C18H27IN6O3. The van der Waals surface area contributed by atoms with Gasteiger partial charge in [-0.15, -0.1) is 34.2 Å². The lowest BCUT2D eigenvalue weighted by molar-refractivity contribution is 0.174. The monoisotopic (exact) mass is 502 g/mol. The normalized spacial score (nSPS) is 12.6. The highest BCUT2D eigenvalue weighted by molar-refractivity contribution is 14.0. The molecule has 2 heterocycles. The van der Waals surface area contributed by atoms with E-state index in [4.69, 9.17) is 14.2 Å². The number of nitrogens with one attached hydrogen (secondary N) is 2. The number of hydrogen-bond acceptors (Lipinski definition) is 6. The number of aliphatic imine (C=N–C) groups is 1. The zero-order chi connectivity index (χ0) is 19.1. The van der Waals surface area contributed by atoms with Gasteiger partial charge in [-0.05, 0) is 31.0 Å². The van der Waals surface area contributed by atoms with E-state index in [-0.39, 0.29) is 30.8 Å². The van der Waals surface area contributed by atoms with E-state index in [9.17, 15) is 0 Å². The van der Waals surface area contributed by atoms with E-state index in [2.05, 4.69) is 25.8 Å². The third-order valence-corrected chi connectivity index (χ3v) is 4.27. The number of aromatic nitrogens is 3. The van der Waals surface area contributed by atoms with Crippen molar-refractivity contribution < 1.29 is 14.2 Å². The molecule has 1 aliphatic heterocycles. The minimum atomic E-state index is 0. The van der Waals surface area contributed by atoms with Crippen LogP contribution in [-0.4, -0.2) is 47.8 Å². The Morgan fingerprint density at radius 1 is 1.25 bits per heavy atom. The predicted octanol–water partition coefficient (Wildman–Crippen LogP) is 1.74. The second-order valence-corrected chi connectivity index (χ2v) is 6.20. The fraction of sp³-hybridized carbons (Fsp3) is 0.500. The molecule has 0 saturated heterocycles. The van der Waals surface area contributed by atoms with E-state index in [0.29, 0.717) is 25.7 Å². The zero-order valence-electron chi connectivity index (χ0n) is 16.4. The zero-order valence-corrected chi connectivity index (χ0v) is 18.7. The predicted molar refractivity (Wildman–Crippen MR) is 116 cm³/mol. The SMILES string of the molecule is COCCCNC(=NCc1ccc2c(c1)OCO2)NCc1nnc(C)n1C.I. The molecule has 0 aliphatic carbocycles. The molecule has 1 aromatic carbocycles. The minimum Gasteiger partial charge on any atom is -0.454 e. The molecule has 0 unspecified atom stereocenters. The highest BCUT2D eigenvalue weighted by Crippen LogP contribution is 2.32. The summed E-state index contributed by atoms with van der Waals surface area (Å²) in [6.45, 7) is 4.72. The van der Waals surface area contributed by atoms with E-state index in [1.54, 1.807) is 7.11 Å². The van der Waals surface area contributed by atoms with Gasteiger partial charge < -0.3 is 29.4 Å². The van der Waals surface area contributed by atoms with Crippen molar-refractivity contribution in [2.45, 2.75) is 26.4 Å². The summed E-state index contributed by atoms with van der Waals surface area (Å²) < 4.78 is 17.8. The number of rotatable bonds is 8. The Morgan fingerprint density at radius 2 is 2.07 bits per heavy atom. The number of hydrogen-bond donors (Lipinski definition) is 2. The van der Waals surface area contributed by atoms with Gasteiger partial charge in [-0.2, -0.15) is 0 Å². The average Bonchev–Trinajstić information content (AvgIpc) is 3.27. The molecule has 3 rings (SSSR count). The van der Waals surface area contributed by atoms with Gasteiger partial charge in [0.2, 0.25) is 6.79 Å². The van der Waals surface area contributed by atoms with Crippen LogP contribution >= 0.6 is 24.0 Å². The molecule has 1 aromatic heterocycles. The molecule has 0 spiro atoms. The van der Waals surface area contributed by atoms with E-state index < -0.39 is 0 Å². The first-order chi connectivity index (χ1) is 13.2. The Bertz CT molecular complexity index is 796. The summed E-state index contributed by atoms with van der Waals surface area (Å²) >= 11 is 0. The van der Waals surface area contributed by atoms with E-state index in [1.807, 2.05) is 36.7 Å². The number of methoxy groups -OCH3 is 1. The van der Waals surface area contributed by atoms with Crippen LogP contribution in [0.15, 0.2) is 23.2 Å². The molecule has 0 atom stereocenters. The van der Waals surface area contributed by atoms with Crippen molar-refractivity contribution in [2.24, 2.45) is 12.0 Å². The van der Waals surface area contributed by atoms with Crippen LogP contribution in [0, 0.1) is 6.92 Å². The highest BCUT2D eigenvalue weighted by atomic mass is 127. The Labute approximate surface area is 181 Å². The van der Waals surface area contributed by atoms with Gasteiger partial charge in [-0.25, -0.2) is 4.99 Å². The third kappa shape index (κ3) is 5.96. The van der Waals surface area contributed by atoms with Gasteiger partial charge in [0.15, 0.2) is 23.3 Å². The maximum atomic E-state index is 5.42. The average molecular weight is 502 g/mol. The molecule has 9 nitrogen and oxygen atoms in total. The van der Waals surface area contributed by atoms with E-state index >= 15 is 0 Å². The number of nitrogens with zero attached hydrogens (tertiary/aromatic N) is 4. The number of halogens is 1. The second-order valence-electron chi connectivity index (χ2n) is 6.20. The maximum absolute atomic E-state index is 5.42. The molecular weight excluding hydrogens is 475 g/mol. The molecule has 0 radical (unpaired) electrons. The van der Waals surface area contributed by atoms with Crippen LogP contribution in [0.2, 0.25) is 0 Å². The molecule has 0 amide bonds. The van der Waals surface area contributed by atoms with Crippen molar-refractivity contribution >= 4 is 29.9 Å². The summed E-state index contributed by atoms with van der Waals surface area (Å²) in [7, 11) is 3.64. The smallest absolute Gasteiger partial charge is 0.231 e. The quantitative estimate of drug-likeness (QED) is 0.246. The molecule has 0 saturated carbocycles. The van der Waals surface area contributed by atoms with Crippen molar-refractivity contribution in [3.05, 3.63) is 35.4 Å². The first-order valence-electron chi connectivity index (χ1n) is 8.92. The van der Waals surface area contributed by atoms with Gasteiger partial charge in [-0.1, -0.05) is 6.07 Å². The van der Waals surface area contributed by atoms with Crippen molar-refractivity contribution in [2.75, 3.05) is 27.1 Å². The fourth-order valence-electron chi connectivity index (χ4n) is 2.57. The summed E-state index contributed by atoms with van der Waals surface area (Å²) in [6, 6.07) is 5.86. The van der Waals surface area contributed by atoms with Gasteiger partial charge in [0.05, 0.1) is 13.1 Å². The maximum Gasteiger partial charge on any atom is 0.231 e. The highest BCUT2D eigenvalue weighted by Gasteiger charge is 2.13. The summed E-state index contributed by atoms with van der Waals surface area (Å²) in [5, 5.41) is 14.9. The summed E-state index contributed by atoms with van der Waals surface area (Å²) in [5.74, 6) is 3.97. The Kier molecular flexibility index (Phi) is 8.77. The number of ether oxygens (including phenoxy) is 3. The van der Waals surface area contributed by atoms with Crippen LogP contribution in [0.5, 0.6) is 11.5 Å². The lowest BCUT2D eigenvalue weighted by atomic mass is 10.2. The van der Waals surface area contributed by atoms with E-state index in [0.717, 1.165) is 41.7 Å². The largest absolute Gasteiger partial charge is 0.454 e. The van der Waals surface area contributed by atoms with Gasteiger partial charge in [-0.3, -0.25) is 0 Å². The van der Waals surface area contributed by atoms with Gasteiger partial charge in [0, 0.05) is 27.3 Å². The lowest BCUT2D eigenvalue weighted by Gasteiger charge is -2.12. The van der Waals surface area contributed by atoms with E-state index in [1.165, 1.54) is 0 Å². The summed E-state index contributed by atoms with van der Waals surface area (Å²) in [4.78, 5) is 4.67.